The first-order valence-corrected chi connectivity index (χ1v) is 4.62. The number of hydrogen-bond donors (Lipinski definition) is 2. The maximum absolute atomic E-state index is 10.6. The van der Waals surface area contributed by atoms with Crippen LogP contribution >= 0.6 is 7.80 Å². The first-order valence-electron chi connectivity index (χ1n) is 2.93. The highest BCUT2D eigenvalue weighted by molar-refractivity contribution is 7.44. The van der Waals surface area contributed by atoms with E-state index in [1.165, 1.54) is 0 Å². The third-order valence-corrected chi connectivity index (χ3v) is 2.69. The van der Waals surface area contributed by atoms with Gasteiger partial charge in [0.15, 0.2) is 0 Å². The van der Waals surface area contributed by atoms with Gasteiger partial charge in [0.2, 0.25) is 6.03 Å². The Morgan fingerprint density at radius 2 is 1.89 bits per heavy atom. The van der Waals surface area contributed by atoms with E-state index in [0.29, 0.717) is 6.16 Å². The van der Waals surface area contributed by atoms with Gasteiger partial charge < -0.3 is 14.8 Å². The summed E-state index contributed by atoms with van der Waals surface area (Å²) in [5, 5.41) is 16.7. The van der Waals surface area contributed by atoms with Gasteiger partial charge in [0, 0.05) is 6.16 Å². The van der Waals surface area contributed by atoms with E-state index >= 15 is 0 Å². The van der Waals surface area contributed by atoms with Crippen LogP contribution < -0.4 is 0 Å². The molecule has 0 aromatic heterocycles. The highest BCUT2D eigenvalue weighted by Gasteiger charge is 2.09. The van der Waals surface area contributed by atoms with E-state index in [9.17, 15) is 4.57 Å². The monoisotopic (exact) mass is 152 g/mol. The second kappa shape index (κ2) is 4.04. The molecule has 0 amide bonds. The van der Waals surface area contributed by atoms with Crippen LogP contribution in [-0.2, 0) is 4.57 Å². The van der Waals surface area contributed by atoms with Crippen LogP contribution in [0.4, 0.5) is 0 Å². The lowest BCUT2D eigenvalue weighted by atomic mass is 10.3. The van der Waals surface area contributed by atoms with Gasteiger partial charge in [-0.15, -0.1) is 0 Å². The molecule has 0 rings (SSSR count). The van der Waals surface area contributed by atoms with Crippen LogP contribution in [0, 0.1) is 5.92 Å². The third-order valence-electron chi connectivity index (χ3n) is 0.897. The maximum atomic E-state index is 10.6. The molecule has 2 N–H and O–H groups in total. The second-order valence-corrected chi connectivity index (χ2v) is 4.30. The molecule has 9 heavy (non-hydrogen) atoms. The van der Waals surface area contributed by atoms with Crippen molar-refractivity contribution in [1.29, 1.82) is 0 Å². The Morgan fingerprint density at radius 1 is 1.44 bits per heavy atom. The van der Waals surface area contributed by atoms with Gasteiger partial charge in [0.1, 0.15) is 7.80 Å². The van der Waals surface area contributed by atoms with Crippen LogP contribution in [0.25, 0.3) is 0 Å². The fourth-order valence-electron chi connectivity index (χ4n) is 0.508. The summed E-state index contributed by atoms with van der Waals surface area (Å²) in [6, 6.07) is -1.60. The predicted octanol–water partition coefficient (Wildman–Crippen LogP) is 0.470. The Hall–Kier alpha value is 0.150. The normalized spacial score (nSPS) is 14.9. The van der Waals surface area contributed by atoms with Gasteiger partial charge in [-0.3, -0.25) is 0 Å². The van der Waals surface area contributed by atoms with E-state index in [4.69, 9.17) is 10.2 Å². The van der Waals surface area contributed by atoms with Gasteiger partial charge in [-0.25, -0.2) is 0 Å². The van der Waals surface area contributed by atoms with Crippen molar-refractivity contribution >= 4 is 7.80 Å². The van der Waals surface area contributed by atoms with Crippen molar-refractivity contribution in [1.82, 2.24) is 0 Å². The fraction of sp³-hybridized carbons (Fsp3) is 1.00. The van der Waals surface area contributed by atoms with E-state index in [1.54, 1.807) is 0 Å². The minimum absolute atomic E-state index is 0.276. The number of hydrogen-bond acceptors (Lipinski definition) is 3. The molecule has 0 saturated carbocycles. The molecule has 0 spiro atoms. The molecule has 0 aliphatic carbocycles. The minimum atomic E-state index is -2.15. The molecule has 3 nitrogen and oxygen atoms in total. The lowest BCUT2D eigenvalue weighted by Gasteiger charge is -2.05. The van der Waals surface area contributed by atoms with Crippen LogP contribution in [0.1, 0.15) is 13.8 Å². The molecule has 1 atom stereocenters. The Bertz CT molecular complexity index is 100. The SMILES string of the molecule is CC(C)C[PH](=O)C(O)O. The molecule has 0 aromatic rings. The third kappa shape index (κ3) is 4.64. The summed E-state index contributed by atoms with van der Waals surface area (Å²) in [4.78, 5) is 0. The first-order chi connectivity index (χ1) is 4.04. The van der Waals surface area contributed by atoms with Crippen molar-refractivity contribution in [2.45, 2.75) is 19.9 Å². The summed E-state index contributed by atoms with van der Waals surface area (Å²) >= 11 is 0. The predicted molar refractivity (Wildman–Crippen MR) is 36.9 cm³/mol. The van der Waals surface area contributed by atoms with Crippen molar-refractivity contribution < 1.29 is 14.8 Å². The highest BCUT2D eigenvalue weighted by atomic mass is 31.1. The Kier molecular flexibility index (Phi) is 4.11. The van der Waals surface area contributed by atoms with Crippen molar-refractivity contribution in [3.8, 4) is 0 Å². The molecule has 1 unspecified atom stereocenters. The summed E-state index contributed by atoms with van der Waals surface area (Å²) < 4.78 is 10.6. The molecule has 0 heterocycles. The summed E-state index contributed by atoms with van der Waals surface area (Å²) in [6.45, 7) is 3.79. The average molecular weight is 152 g/mol. The van der Waals surface area contributed by atoms with Crippen molar-refractivity contribution in [2.24, 2.45) is 5.92 Å². The molecule has 0 aliphatic rings. The summed E-state index contributed by atoms with van der Waals surface area (Å²) in [5.41, 5.74) is 0. The zero-order valence-corrected chi connectivity index (χ0v) is 6.66. The van der Waals surface area contributed by atoms with E-state index in [0.717, 1.165) is 0 Å². The molecule has 0 aromatic carbocycles. The Balaban J connectivity index is 3.51. The summed E-state index contributed by atoms with van der Waals surface area (Å²) in [7, 11) is -2.15. The standard InChI is InChI=1S/C5H13O3P/c1-4(2)3-9(8)5(6)7/h4-7,9H,3H2,1-2H3. The van der Waals surface area contributed by atoms with Crippen LogP contribution in [-0.4, -0.2) is 22.4 Å². The molecular weight excluding hydrogens is 139 g/mol. The van der Waals surface area contributed by atoms with Gasteiger partial charge in [-0.05, 0) is 5.92 Å². The van der Waals surface area contributed by atoms with Gasteiger partial charge in [0.05, 0.1) is 0 Å². The van der Waals surface area contributed by atoms with Crippen LogP contribution in [0.3, 0.4) is 0 Å². The largest absolute Gasteiger partial charge is 0.362 e. The van der Waals surface area contributed by atoms with Gasteiger partial charge in [-0.2, -0.15) is 0 Å². The Morgan fingerprint density at radius 3 is 2.00 bits per heavy atom. The first kappa shape index (κ1) is 9.15. The van der Waals surface area contributed by atoms with E-state index in [-0.39, 0.29) is 5.92 Å². The summed E-state index contributed by atoms with van der Waals surface area (Å²) in [5.74, 6) is 0.276. The van der Waals surface area contributed by atoms with Crippen molar-refractivity contribution in [2.75, 3.05) is 6.16 Å². The smallest absolute Gasteiger partial charge is 0.203 e. The second-order valence-electron chi connectivity index (χ2n) is 2.44. The van der Waals surface area contributed by atoms with Crippen LogP contribution in [0.2, 0.25) is 0 Å². The van der Waals surface area contributed by atoms with Crippen LogP contribution in [0.5, 0.6) is 0 Å². The lowest BCUT2D eigenvalue weighted by molar-refractivity contribution is 0.0318. The molecule has 4 heteroatoms. The van der Waals surface area contributed by atoms with Gasteiger partial charge in [-0.1, -0.05) is 13.8 Å². The average Bonchev–Trinajstić information content (AvgIpc) is 1.63. The zero-order chi connectivity index (χ0) is 7.44. The maximum Gasteiger partial charge on any atom is 0.203 e. The number of aliphatic hydroxyl groups excluding tert-OH is 1. The van der Waals surface area contributed by atoms with Gasteiger partial charge in [0.25, 0.3) is 0 Å². The molecule has 0 fully saturated rings. The Labute approximate surface area is 55.5 Å². The molecule has 0 aliphatic heterocycles. The van der Waals surface area contributed by atoms with Gasteiger partial charge >= 0.3 is 0 Å². The fourth-order valence-corrected chi connectivity index (χ4v) is 1.52. The highest BCUT2D eigenvalue weighted by Crippen LogP contribution is 2.26. The topological polar surface area (TPSA) is 57.5 Å². The molecule has 0 saturated heterocycles. The summed E-state index contributed by atoms with van der Waals surface area (Å²) in [6.07, 6.45) is 0.419. The molecule has 56 valence electrons. The number of rotatable bonds is 3. The minimum Gasteiger partial charge on any atom is -0.362 e. The van der Waals surface area contributed by atoms with E-state index < -0.39 is 13.8 Å². The van der Waals surface area contributed by atoms with Crippen LogP contribution in [0.15, 0.2) is 0 Å². The molecular formula is C5H13O3P. The van der Waals surface area contributed by atoms with E-state index in [2.05, 4.69) is 0 Å². The van der Waals surface area contributed by atoms with Crippen molar-refractivity contribution in [3.63, 3.8) is 0 Å². The quantitative estimate of drug-likeness (QED) is 0.456. The number of aliphatic hydroxyl groups is 2. The lowest BCUT2D eigenvalue weighted by Crippen LogP contribution is -2.02. The zero-order valence-electron chi connectivity index (χ0n) is 5.66. The molecule has 0 bridgehead atoms. The molecule has 0 radical (unpaired) electrons. The van der Waals surface area contributed by atoms with E-state index in [1.807, 2.05) is 13.8 Å². The van der Waals surface area contributed by atoms with Crippen molar-refractivity contribution in [3.05, 3.63) is 0 Å².